The van der Waals surface area contributed by atoms with E-state index in [9.17, 15) is 0 Å². The average Bonchev–Trinajstić information content (AvgIpc) is 2.47. The molecule has 1 heterocycles. The van der Waals surface area contributed by atoms with Gasteiger partial charge in [0.25, 0.3) is 0 Å². The fourth-order valence-corrected chi connectivity index (χ4v) is 1.49. The summed E-state index contributed by atoms with van der Waals surface area (Å²) in [5.41, 5.74) is 0. The second-order valence-electron chi connectivity index (χ2n) is 3.08. The van der Waals surface area contributed by atoms with E-state index in [0.717, 1.165) is 19.4 Å². The Morgan fingerprint density at radius 2 is 2.45 bits per heavy atom. The summed E-state index contributed by atoms with van der Waals surface area (Å²) in [5.74, 6) is 0.168. The maximum Gasteiger partial charge on any atom is 0.0747 e. The number of rotatable bonds is 3. The number of unbranched alkanes of at least 4 members (excludes halogenated alkanes) is 1. The molecule has 0 aromatic heterocycles. The van der Waals surface area contributed by atoms with Gasteiger partial charge in [-0.3, -0.25) is 0 Å². The molecule has 0 radical (unpaired) electrons. The van der Waals surface area contributed by atoms with E-state index in [2.05, 4.69) is 13.0 Å². The van der Waals surface area contributed by atoms with E-state index in [-0.39, 0.29) is 12.0 Å². The molecule has 0 aromatic rings. The highest BCUT2D eigenvalue weighted by atomic mass is 16.5. The largest absolute Gasteiger partial charge is 0.377 e. The molecule has 0 spiro atoms. The van der Waals surface area contributed by atoms with Gasteiger partial charge in [-0.05, 0) is 12.8 Å². The van der Waals surface area contributed by atoms with Crippen molar-refractivity contribution in [1.82, 2.24) is 0 Å². The summed E-state index contributed by atoms with van der Waals surface area (Å²) < 4.78 is 5.44. The van der Waals surface area contributed by atoms with Crippen molar-refractivity contribution in [3.8, 4) is 6.07 Å². The predicted octanol–water partition coefficient (Wildman–Crippen LogP) is 2.11. The summed E-state index contributed by atoms with van der Waals surface area (Å²) in [6, 6.07) is 2.30. The first-order valence-corrected chi connectivity index (χ1v) is 4.39. The van der Waals surface area contributed by atoms with E-state index in [1.807, 2.05) is 0 Å². The van der Waals surface area contributed by atoms with Crippen molar-refractivity contribution in [3.05, 3.63) is 0 Å². The van der Waals surface area contributed by atoms with Crippen molar-refractivity contribution >= 4 is 0 Å². The van der Waals surface area contributed by atoms with Gasteiger partial charge in [-0.1, -0.05) is 19.8 Å². The highest BCUT2D eigenvalue weighted by molar-refractivity contribution is 4.92. The summed E-state index contributed by atoms with van der Waals surface area (Å²) in [7, 11) is 0. The first-order valence-electron chi connectivity index (χ1n) is 4.39. The van der Waals surface area contributed by atoms with Crippen molar-refractivity contribution in [1.29, 1.82) is 5.26 Å². The average molecular weight is 153 g/mol. The van der Waals surface area contributed by atoms with Crippen LogP contribution >= 0.6 is 0 Å². The number of nitriles is 1. The van der Waals surface area contributed by atoms with Crippen LogP contribution in [0.15, 0.2) is 0 Å². The lowest BCUT2D eigenvalue weighted by molar-refractivity contribution is 0.0912. The van der Waals surface area contributed by atoms with Gasteiger partial charge in [0.15, 0.2) is 0 Å². The monoisotopic (exact) mass is 153 g/mol. The molecule has 2 atom stereocenters. The van der Waals surface area contributed by atoms with Gasteiger partial charge in [0.05, 0.1) is 18.1 Å². The molecule has 1 fully saturated rings. The molecule has 2 nitrogen and oxygen atoms in total. The molecular formula is C9H15NO. The Balaban J connectivity index is 2.27. The van der Waals surface area contributed by atoms with E-state index in [1.165, 1.54) is 12.8 Å². The molecule has 1 saturated heterocycles. The van der Waals surface area contributed by atoms with Crippen LogP contribution in [-0.4, -0.2) is 12.7 Å². The third kappa shape index (κ3) is 2.20. The Bertz CT molecular complexity index is 150. The predicted molar refractivity (Wildman–Crippen MR) is 43.0 cm³/mol. The topological polar surface area (TPSA) is 33.0 Å². The van der Waals surface area contributed by atoms with Crippen LogP contribution in [-0.2, 0) is 4.74 Å². The first kappa shape index (κ1) is 8.55. The minimum atomic E-state index is 0.168. The molecule has 0 N–H and O–H groups in total. The smallest absolute Gasteiger partial charge is 0.0747 e. The molecule has 0 bridgehead atoms. The normalized spacial score (nSPS) is 30.2. The van der Waals surface area contributed by atoms with Crippen LogP contribution in [0.3, 0.4) is 0 Å². The number of hydrogen-bond donors (Lipinski definition) is 0. The minimum absolute atomic E-state index is 0.168. The number of nitrogens with zero attached hydrogens (tertiary/aromatic N) is 1. The highest BCUT2D eigenvalue weighted by Gasteiger charge is 2.26. The van der Waals surface area contributed by atoms with Crippen LogP contribution < -0.4 is 0 Å². The lowest BCUT2D eigenvalue weighted by atomic mass is 9.99. The van der Waals surface area contributed by atoms with E-state index < -0.39 is 0 Å². The van der Waals surface area contributed by atoms with E-state index >= 15 is 0 Å². The third-order valence-electron chi connectivity index (χ3n) is 2.22. The zero-order valence-electron chi connectivity index (χ0n) is 7.05. The summed E-state index contributed by atoms with van der Waals surface area (Å²) >= 11 is 0. The van der Waals surface area contributed by atoms with Crippen LogP contribution in [0.25, 0.3) is 0 Å². The lowest BCUT2D eigenvalue weighted by Gasteiger charge is -2.10. The molecule has 2 heteroatoms. The summed E-state index contributed by atoms with van der Waals surface area (Å²) in [5, 5.41) is 8.71. The molecule has 0 amide bonds. The van der Waals surface area contributed by atoms with E-state index in [4.69, 9.17) is 10.00 Å². The fraction of sp³-hybridized carbons (Fsp3) is 0.889. The lowest BCUT2D eigenvalue weighted by Crippen LogP contribution is -2.13. The number of hydrogen-bond acceptors (Lipinski definition) is 2. The molecule has 1 rings (SSSR count). The van der Waals surface area contributed by atoms with Gasteiger partial charge in [-0.2, -0.15) is 5.26 Å². The second-order valence-corrected chi connectivity index (χ2v) is 3.08. The third-order valence-corrected chi connectivity index (χ3v) is 2.22. The zero-order valence-corrected chi connectivity index (χ0v) is 7.05. The van der Waals surface area contributed by atoms with Crippen LogP contribution in [0.2, 0.25) is 0 Å². The maximum atomic E-state index is 8.71. The van der Waals surface area contributed by atoms with Crippen LogP contribution in [0, 0.1) is 17.2 Å². The minimum Gasteiger partial charge on any atom is -0.377 e. The molecular weight excluding hydrogens is 138 g/mol. The van der Waals surface area contributed by atoms with Crippen molar-refractivity contribution in [2.24, 2.45) is 5.92 Å². The van der Waals surface area contributed by atoms with Crippen molar-refractivity contribution < 1.29 is 4.74 Å². The SMILES string of the molecule is CCCCC1OCCC1C#N. The summed E-state index contributed by atoms with van der Waals surface area (Å²) in [4.78, 5) is 0. The van der Waals surface area contributed by atoms with Gasteiger partial charge in [0.1, 0.15) is 0 Å². The summed E-state index contributed by atoms with van der Waals surface area (Å²) in [6.45, 7) is 2.95. The Hall–Kier alpha value is -0.550. The molecule has 1 aliphatic heterocycles. The number of ether oxygens (including phenoxy) is 1. The van der Waals surface area contributed by atoms with Crippen molar-refractivity contribution in [3.63, 3.8) is 0 Å². The molecule has 62 valence electrons. The quantitative estimate of drug-likeness (QED) is 0.622. The Kier molecular flexibility index (Phi) is 3.38. The highest BCUT2D eigenvalue weighted by Crippen LogP contribution is 2.23. The molecule has 2 unspecified atom stereocenters. The Morgan fingerprint density at radius 1 is 1.64 bits per heavy atom. The van der Waals surface area contributed by atoms with Crippen LogP contribution in [0.4, 0.5) is 0 Å². The molecule has 0 aromatic carbocycles. The van der Waals surface area contributed by atoms with Gasteiger partial charge in [0, 0.05) is 6.61 Å². The standard InChI is InChI=1S/C9H15NO/c1-2-3-4-9-8(7-10)5-6-11-9/h8-9H,2-6H2,1H3. The molecule has 11 heavy (non-hydrogen) atoms. The van der Waals surface area contributed by atoms with Gasteiger partial charge in [-0.25, -0.2) is 0 Å². The fourth-order valence-electron chi connectivity index (χ4n) is 1.49. The maximum absolute atomic E-state index is 8.71. The second kappa shape index (κ2) is 4.35. The molecule has 0 saturated carbocycles. The van der Waals surface area contributed by atoms with Crippen LogP contribution in [0.1, 0.15) is 32.6 Å². The Morgan fingerprint density at radius 3 is 3.09 bits per heavy atom. The van der Waals surface area contributed by atoms with E-state index in [0.29, 0.717) is 0 Å². The van der Waals surface area contributed by atoms with Crippen molar-refractivity contribution in [2.75, 3.05) is 6.61 Å². The van der Waals surface area contributed by atoms with E-state index in [1.54, 1.807) is 0 Å². The first-order chi connectivity index (χ1) is 5.38. The molecule has 1 aliphatic rings. The van der Waals surface area contributed by atoms with Crippen molar-refractivity contribution in [2.45, 2.75) is 38.7 Å². The summed E-state index contributed by atoms with van der Waals surface area (Å²) in [6.07, 6.45) is 4.61. The van der Waals surface area contributed by atoms with Gasteiger partial charge in [-0.15, -0.1) is 0 Å². The van der Waals surface area contributed by atoms with Gasteiger partial charge in [0.2, 0.25) is 0 Å². The zero-order chi connectivity index (χ0) is 8.10. The van der Waals surface area contributed by atoms with Gasteiger partial charge >= 0.3 is 0 Å². The van der Waals surface area contributed by atoms with Gasteiger partial charge < -0.3 is 4.74 Å². The van der Waals surface area contributed by atoms with Crippen LogP contribution in [0.5, 0.6) is 0 Å². The molecule has 0 aliphatic carbocycles. The Labute approximate surface area is 68.2 Å².